The summed E-state index contributed by atoms with van der Waals surface area (Å²) in [5, 5.41) is 12.9. The molecule has 0 saturated carbocycles. The van der Waals surface area contributed by atoms with E-state index in [0.717, 1.165) is 23.4 Å². The highest BCUT2D eigenvalue weighted by Crippen LogP contribution is 2.30. The maximum Gasteiger partial charge on any atom is 0.133 e. The number of aromatic nitrogens is 1. The number of phenolic OH excluding ortho intramolecular Hbond substituents is 1. The van der Waals surface area contributed by atoms with Crippen molar-refractivity contribution in [3.63, 3.8) is 0 Å². The second-order valence-corrected chi connectivity index (χ2v) is 5.24. The van der Waals surface area contributed by atoms with Gasteiger partial charge in [0, 0.05) is 24.4 Å². The van der Waals surface area contributed by atoms with E-state index in [2.05, 4.69) is 29.4 Å². The van der Waals surface area contributed by atoms with E-state index >= 15 is 0 Å². The van der Waals surface area contributed by atoms with Crippen molar-refractivity contribution >= 4 is 5.82 Å². The molecule has 0 atom stereocenters. The van der Waals surface area contributed by atoms with Gasteiger partial charge in [0.2, 0.25) is 0 Å². The standard InChI is InChI=1S/C18H18N2O/c1-3-12(2)15-7-14-8-16(11-20-18(14)19-10-15)13-5-4-6-17(21)9-13/h3-6,8-11,21H,7H2,1-2H3,(H,19,20)/b12-3+. The van der Waals surface area contributed by atoms with E-state index in [0.29, 0.717) is 0 Å². The molecule has 0 bridgehead atoms. The molecular weight excluding hydrogens is 260 g/mol. The zero-order valence-electron chi connectivity index (χ0n) is 12.2. The lowest BCUT2D eigenvalue weighted by atomic mass is 9.96. The average molecular weight is 278 g/mol. The largest absolute Gasteiger partial charge is 0.508 e. The summed E-state index contributed by atoms with van der Waals surface area (Å²) in [6.45, 7) is 4.16. The minimum absolute atomic E-state index is 0.272. The van der Waals surface area contributed by atoms with Crippen molar-refractivity contribution in [2.75, 3.05) is 5.32 Å². The summed E-state index contributed by atoms with van der Waals surface area (Å²) >= 11 is 0. The minimum Gasteiger partial charge on any atom is -0.508 e. The molecule has 1 aromatic carbocycles. The molecule has 3 nitrogen and oxygen atoms in total. The first kappa shape index (κ1) is 13.4. The van der Waals surface area contributed by atoms with E-state index in [4.69, 9.17) is 0 Å². The van der Waals surface area contributed by atoms with E-state index < -0.39 is 0 Å². The van der Waals surface area contributed by atoms with Crippen molar-refractivity contribution in [1.82, 2.24) is 4.98 Å². The first-order chi connectivity index (χ1) is 10.2. The molecule has 0 saturated heterocycles. The number of aromatic hydroxyl groups is 1. The van der Waals surface area contributed by atoms with Crippen LogP contribution in [0.3, 0.4) is 0 Å². The molecule has 0 aliphatic carbocycles. The van der Waals surface area contributed by atoms with Crippen molar-refractivity contribution in [1.29, 1.82) is 0 Å². The molecule has 3 heteroatoms. The van der Waals surface area contributed by atoms with E-state index in [9.17, 15) is 5.11 Å². The smallest absolute Gasteiger partial charge is 0.133 e. The van der Waals surface area contributed by atoms with Crippen LogP contribution in [0.1, 0.15) is 19.4 Å². The van der Waals surface area contributed by atoms with Gasteiger partial charge in [-0.1, -0.05) is 23.8 Å². The van der Waals surface area contributed by atoms with Gasteiger partial charge in [-0.3, -0.25) is 0 Å². The number of nitrogens with zero attached hydrogens (tertiary/aromatic N) is 1. The van der Waals surface area contributed by atoms with Crippen LogP contribution in [0.2, 0.25) is 0 Å². The molecule has 0 fully saturated rings. The quantitative estimate of drug-likeness (QED) is 0.862. The third-order valence-electron chi connectivity index (χ3n) is 3.85. The highest BCUT2D eigenvalue weighted by Gasteiger charge is 2.14. The fourth-order valence-corrected chi connectivity index (χ4v) is 2.47. The number of hydrogen-bond donors (Lipinski definition) is 2. The number of nitrogens with one attached hydrogen (secondary N) is 1. The number of benzene rings is 1. The lowest BCUT2D eigenvalue weighted by Crippen LogP contribution is -2.08. The normalized spacial score (nSPS) is 14.2. The first-order valence-electron chi connectivity index (χ1n) is 7.04. The molecule has 2 N–H and O–H groups in total. The molecule has 3 rings (SSSR count). The minimum atomic E-state index is 0.272. The zero-order valence-corrected chi connectivity index (χ0v) is 12.2. The molecule has 0 radical (unpaired) electrons. The van der Waals surface area contributed by atoms with Gasteiger partial charge in [0.15, 0.2) is 0 Å². The molecule has 1 aromatic heterocycles. The van der Waals surface area contributed by atoms with E-state index in [-0.39, 0.29) is 5.75 Å². The van der Waals surface area contributed by atoms with Crippen LogP contribution in [0.4, 0.5) is 5.82 Å². The molecule has 0 unspecified atom stereocenters. The number of anilines is 1. The summed E-state index contributed by atoms with van der Waals surface area (Å²) < 4.78 is 0. The predicted octanol–water partition coefficient (Wildman–Crippen LogP) is 4.27. The number of rotatable bonds is 2. The lowest BCUT2D eigenvalue weighted by molar-refractivity contribution is 0.475. The third-order valence-corrected chi connectivity index (χ3v) is 3.85. The summed E-state index contributed by atoms with van der Waals surface area (Å²) in [5.41, 5.74) is 5.72. The van der Waals surface area contributed by atoms with Crippen molar-refractivity contribution in [2.24, 2.45) is 0 Å². The lowest BCUT2D eigenvalue weighted by Gasteiger charge is -2.19. The van der Waals surface area contributed by atoms with Gasteiger partial charge in [-0.25, -0.2) is 4.98 Å². The van der Waals surface area contributed by atoms with Crippen LogP contribution in [-0.2, 0) is 6.42 Å². The number of phenols is 1. The van der Waals surface area contributed by atoms with E-state index in [1.165, 1.54) is 16.7 Å². The Labute approximate surface area is 124 Å². The SMILES string of the molecule is C/C=C(\C)C1=CNc2ncc(-c3cccc(O)c3)cc2C1. The number of fused-ring (bicyclic) bond motifs is 1. The molecule has 21 heavy (non-hydrogen) atoms. The molecule has 1 aliphatic rings. The van der Waals surface area contributed by atoms with Gasteiger partial charge in [-0.2, -0.15) is 0 Å². The summed E-state index contributed by atoms with van der Waals surface area (Å²) in [7, 11) is 0. The van der Waals surface area contributed by atoms with Crippen LogP contribution in [-0.4, -0.2) is 10.1 Å². The highest BCUT2D eigenvalue weighted by atomic mass is 16.3. The summed E-state index contributed by atoms with van der Waals surface area (Å²) in [4.78, 5) is 4.49. The average Bonchev–Trinajstić information content (AvgIpc) is 2.53. The van der Waals surface area contributed by atoms with E-state index in [1.807, 2.05) is 31.5 Å². The summed E-state index contributed by atoms with van der Waals surface area (Å²) in [6, 6.07) is 9.39. The van der Waals surface area contributed by atoms with Crippen LogP contribution in [0.15, 0.2) is 60.0 Å². The molecule has 2 aromatic rings. The Morgan fingerprint density at radius 2 is 2.14 bits per heavy atom. The van der Waals surface area contributed by atoms with Gasteiger partial charge in [-0.15, -0.1) is 0 Å². The zero-order chi connectivity index (χ0) is 14.8. The number of allylic oxidation sites excluding steroid dienone is 3. The Morgan fingerprint density at radius 3 is 2.90 bits per heavy atom. The predicted molar refractivity (Wildman–Crippen MR) is 86.2 cm³/mol. The molecule has 2 heterocycles. The third kappa shape index (κ3) is 2.68. The Kier molecular flexibility index (Phi) is 3.48. The summed E-state index contributed by atoms with van der Waals surface area (Å²) in [6.07, 6.45) is 6.85. The fraction of sp³-hybridized carbons (Fsp3) is 0.167. The van der Waals surface area contributed by atoms with Gasteiger partial charge in [0.25, 0.3) is 0 Å². The highest BCUT2D eigenvalue weighted by molar-refractivity contribution is 5.68. The summed E-state index contributed by atoms with van der Waals surface area (Å²) in [5.74, 6) is 1.18. The van der Waals surface area contributed by atoms with Gasteiger partial charge in [-0.05, 0) is 48.7 Å². The van der Waals surface area contributed by atoms with Gasteiger partial charge >= 0.3 is 0 Å². The maximum atomic E-state index is 9.61. The molecule has 1 aliphatic heterocycles. The number of hydrogen-bond acceptors (Lipinski definition) is 3. The van der Waals surface area contributed by atoms with Crippen molar-refractivity contribution in [3.05, 3.63) is 65.5 Å². The fourth-order valence-electron chi connectivity index (χ4n) is 2.47. The molecule has 0 spiro atoms. The second-order valence-electron chi connectivity index (χ2n) is 5.24. The first-order valence-corrected chi connectivity index (χ1v) is 7.04. The van der Waals surface area contributed by atoms with Crippen molar-refractivity contribution in [3.8, 4) is 16.9 Å². The van der Waals surface area contributed by atoms with Crippen molar-refractivity contribution in [2.45, 2.75) is 20.3 Å². The molecule has 0 amide bonds. The van der Waals surface area contributed by atoms with Crippen LogP contribution in [0.25, 0.3) is 11.1 Å². The second kappa shape index (κ2) is 5.44. The van der Waals surface area contributed by atoms with Crippen LogP contribution in [0.5, 0.6) is 5.75 Å². The molecular formula is C18H18N2O. The Bertz CT molecular complexity index is 745. The Hall–Kier alpha value is -2.55. The van der Waals surface area contributed by atoms with Gasteiger partial charge in [0.05, 0.1) is 0 Å². The Balaban J connectivity index is 1.97. The van der Waals surface area contributed by atoms with Gasteiger partial charge < -0.3 is 10.4 Å². The monoisotopic (exact) mass is 278 g/mol. The van der Waals surface area contributed by atoms with E-state index in [1.54, 1.807) is 12.1 Å². The maximum absolute atomic E-state index is 9.61. The Morgan fingerprint density at radius 1 is 1.29 bits per heavy atom. The van der Waals surface area contributed by atoms with Crippen LogP contribution >= 0.6 is 0 Å². The van der Waals surface area contributed by atoms with Crippen molar-refractivity contribution < 1.29 is 5.11 Å². The van der Waals surface area contributed by atoms with Gasteiger partial charge in [0.1, 0.15) is 11.6 Å². The van der Waals surface area contributed by atoms with Crippen LogP contribution in [0, 0.1) is 0 Å². The van der Waals surface area contributed by atoms with Crippen LogP contribution < -0.4 is 5.32 Å². The number of pyridine rings is 1. The topological polar surface area (TPSA) is 45.2 Å². The molecule has 106 valence electrons.